The summed E-state index contributed by atoms with van der Waals surface area (Å²) in [5.74, 6) is -4.76. The molecule has 1 fully saturated rings. The standard InChI is InChI=1S/C17H20ClF3N2O4/c1-3-26-17(24)22-4-5-23-9(7-22)6-10(8-25-2)27-16-11(18)12(19)13(20)14(21)15(16)23/h9-10H,3-8H2,1-2H3/t9-,10+/m1/s1. The number of carbonyl (C=O) groups is 1. The summed E-state index contributed by atoms with van der Waals surface area (Å²) in [7, 11) is 1.46. The predicted octanol–water partition coefficient (Wildman–Crippen LogP) is 3.20. The number of halogens is 4. The van der Waals surface area contributed by atoms with Crippen LogP contribution in [0, 0.1) is 17.5 Å². The Balaban J connectivity index is 2.02. The average molecular weight is 409 g/mol. The van der Waals surface area contributed by atoms with Crippen LogP contribution in [0.2, 0.25) is 5.02 Å². The zero-order valence-corrected chi connectivity index (χ0v) is 15.7. The van der Waals surface area contributed by atoms with Crippen LogP contribution in [0.5, 0.6) is 5.75 Å². The number of anilines is 1. The Hall–Kier alpha value is -1.87. The molecule has 27 heavy (non-hydrogen) atoms. The van der Waals surface area contributed by atoms with E-state index in [4.69, 9.17) is 25.8 Å². The summed E-state index contributed by atoms with van der Waals surface area (Å²) in [6.07, 6.45) is -0.709. The van der Waals surface area contributed by atoms with Gasteiger partial charge in [0.05, 0.1) is 19.3 Å². The fourth-order valence-corrected chi connectivity index (χ4v) is 3.72. The van der Waals surface area contributed by atoms with Crippen LogP contribution in [0.3, 0.4) is 0 Å². The topological polar surface area (TPSA) is 51.2 Å². The summed E-state index contributed by atoms with van der Waals surface area (Å²) in [5, 5.41) is -0.613. The molecule has 10 heteroatoms. The van der Waals surface area contributed by atoms with Crippen molar-refractivity contribution in [3.05, 3.63) is 22.5 Å². The second-order valence-electron chi connectivity index (χ2n) is 6.36. The summed E-state index contributed by atoms with van der Waals surface area (Å²) < 4.78 is 58.4. The molecule has 1 aromatic carbocycles. The van der Waals surface area contributed by atoms with Gasteiger partial charge in [-0.1, -0.05) is 11.6 Å². The van der Waals surface area contributed by atoms with Crippen LogP contribution >= 0.6 is 11.6 Å². The van der Waals surface area contributed by atoms with Gasteiger partial charge in [-0.05, 0) is 6.92 Å². The van der Waals surface area contributed by atoms with Crippen molar-refractivity contribution >= 4 is 23.4 Å². The van der Waals surface area contributed by atoms with Crippen LogP contribution in [-0.2, 0) is 9.47 Å². The van der Waals surface area contributed by atoms with E-state index in [1.54, 1.807) is 11.8 Å². The van der Waals surface area contributed by atoms with Crippen molar-refractivity contribution in [2.24, 2.45) is 0 Å². The van der Waals surface area contributed by atoms with Crippen LogP contribution in [-0.4, -0.2) is 63.1 Å². The van der Waals surface area contributed by atoms with E-state index in [0.29, 0.717) is 6.42 Å². The largest absolute Gasteiger partial charge is 0.484 e. The molecule has 0 radical (unpaired) electrons. The highest BCUT2D eigenvalue weighted by atomic mass is 35.5. The van der Waals surface area contributed by atoms with E-state index in [2.05, 4.69) is 0 Å². The van der Waals surface area contributed by atoms with Gasteiger partial charge >= 0.3 is 6.09 Å². The average Bonchev–Trinajstić information content (AvgIpc) is 2.81. The summed E-state index contributed by atoms with van der Waals surface area (Å²) >= 11 is 5.92. The van der Waals surface area contributed by atoms with E-state index in [1.165, 1.54) is 12.0 Å². The third-order valence-corrected chi connectivity index (χ3v) is 5.01. The monoisotopic (exact) mass is 408 g/mol. The van der Waals surface area contributed by atoms with E-state index in [-0.39, 0.29) is 44.3 Å². The quantitative estimate of drug-likeness (QED) is 0.568. The van der Waals surface area contributed by atoms with Gasteiger partial charge in [-0.25, -0.2) is 18.0 Å². The lowest BCUT2D eigenvalue weighted by Gasteiger charge is -2.41. The number of benzene rings is 1. The van der Waals surface area contributed by atoms with Crippen molar-refractivity contribution in [3.8, 4) is 5.75 Å². The minimum atomic E-state index is -1.65. The van der Waals surface area contributed by atoms with Gasteiger partial charge < -0.3 is 24.0 Å². The molecule has 1 amide bonds. The molecule has 150 valence electrons. The zero-order valence-electron chi connectivity index (χ0n) is 14.9. The van der Waals surface area contributed by atoms with Crippen molar-refractivity contribution in [2.75, 3.05) is 44.9 Å². The van der Waals surface area contributed by atoms with Gasteiger partial charge in [-0.3, -0.25) is 0 Å². The molecule has 2 atom stereocenters. The first-order chi connectivity index (χ1) is 12.9. The van der Waals surface area contributed by atoms with E-state index in [0.717, 1.165) is 0 Å². The SMILES string of the molecule is CCOC(=O)N1CCN2c3c(F)c(F)c(F)c(Cl)c3O[C@H](COC)C[C@@H]2C1. The number of nitrogens with zero attached hydrogens (tertiary/aromatic N) is 2. The normalized spacial score (nSPS) is 21.9. The molecule has 0 saturated carbocycles. The molecule has 1 saturated heterocycles. The molecular weight excluding hydrogens is 389 g/mol. The summed E-state index contributed by atoms with van der Waals surface area (Å²) in [6, 6.07) is -0.403. The molecule has 2 aliphatic heterocycles. The van der Waals surface area contributed by atoms with Gasteiger partial charge in [0.1, 0.15) is 16.8 Å². The predicted molar refractivity (Wildman–Crippen MR) is 92.0 cm³/mol. The smallest absolute Gasteiger partial charge is 0.409 e. The lowest BCUT2D eigenvalue weighted by atomic mass is 10.0. The molecule has 0 aliphatic carbocycles. The van der Waals surface area contributed by atoms with E-state index >= 15 is 0 Å². The van der Waals surface area contributed by atoms with Crippen LogP contribution in [0.1, 0.15) is 13.3 Å². The molecule has 0 N–H and O–H groups in total. The zero-order chi connectivity index (χ0) is 19.7. The number of amides is 1. The Kier molecular flexibility index (Phi) is 5.90. The fraction of sp³-hybridized carbons (Fsp3) is 0.588. The molecule has 0 unspecified atom stereocenters. The maximum Gasteiger partial charge on any atom is 0.409 e. The Morgan fingerprint density at radius 3 is 2.67 bits per heavy atom. The highest BCUT2D eigenvalue weighted by Crippen LogP contribution is 2.45. The molecule has 2 heterocycles. The third kappa shape index (κ3) is 3.62. The van der Waals surface area contributed by atoms with E-state index in [1.807, 2.05) is 0 Å². The molecule has 6 nitrogen and oxygen atoms in total. The Morgan fingerprint density at radius 1 is 1.26 bits per heavy atom. The Labute approximate surface area is 159 Å². The first kappa shape index (κ1) is 19.9. The second-order valence-corrected chi connectivity index (χ2v) is 6.73. The first-order valence-corrected chi connectivity index (χ1v) is 8.96. The summed E-state index contributed by atoms with van der Waals surface area (Å²) in [5.41, 5.74) is -0.231. The highest BCUT2D eigenvalue weighted by molar-refractivity contribution is 6.32. The number of hydrogen-bond acceptors (Lipinski definition) is 5. The summed E-state index contributed by atoms with van der Waals surface area (Å²) in [4.78, 5) is 15.1. The molecule has 0 aromatic heterocycles. The van der Waals surface area contributed by atoms with Gasteiger partial charge in [0.2, 0.25) is 0 Å². The first-order valence-electron chi connectivity index (χ1n) is 8.58. The second kappa shape index (κ2) is 8.02. The Bertz CT molecular complexity index is 737. The molecule has 2 aliphatic rings. The van der Waals surface area contributed by atoms with Crippen LogP contribution in [0.25, 0.3) is 0 Å². The number of hydrogen-bond donors (Lipinski definition) is 0. The minimum Gasteiger partial charge on any atom is -0.484 e. The molecule has 3 rings (SSSR count). The molecule has 1 aromatic rings. The lowest BCUT2D eigenvalue weighted by Crippen LogP contribution is -2.55. The van der Waals surface area contributed by atoms with Gasteiger partial charge in [0.15, 0.2) is 23.2 Å². The van der Waals surface area contributed by atoms with Gasteiger partial charge in [0, 0.05) is 33.2 Å². The number of rotatable bonds is 3. The van der Waals surface area contributed by atoms with Crippen molar-refractivity contribution in [3.63, 3.8) is 0 Å². The molecule has 0 bridgehead atoms. The number of carbonyl (C=O) groups excluding carboxylic acids is 1. The van der Waals surface area contributed by atoms with Crippen molar-refractivity contribution in [1.82, 2.24) is 4.90 Å². The maximum absolute atomic E-state index is 14.6. The number of methoxy groups -OCH3 is 1. The highest BCUT2D eigenvalue weighted by Gasteiger charge is 2.40. The number of piperazine rings is 1. The Morgan fingerprint density at radius 2 is 2.00 bits per heavy atom. The molecular formula is C17H20ClF3N2O4. The van der Waals surface area contributed by atoms with Crippen LogP contribution < -0.4 is 9.64 Å². The third-order valence-electron chi connectivity index (χ3n) is 4.67. The minimum absolute atomic E-state index is 0.139. The van der Waals surface area contributed by atoms with Gasteiger partial charge in [-0.2, -0.15) is 0 Å². The lowest BCUT2D eigenvalue weighted by molar-refractivity contribution is 0.0661. The number of ether oxygens (including phenoxy) is 3. The van der Waals surface area contributed by atoms with Crippen LogP contribution in [0.4, 0.5) is 23.7 Å². The summed E-state index contributed by atoms with van der Waals surface area (Å²) in [6.45, 7) is 2.72. The van der Waals surface area contributed by atoms with Crippen LogP contribution in [0.15, 0.2) is 0 Å². The fourth-order valence-electron chi connectivity index (χ4n) is 3.50. The molecule has 0 spiro atoms. The van der Waals surface area contributed by atoms with E-state index < -0.39 is 40.7 Å². The van der Waals surface area contributed by atoms with Gasteiger partial charge in [-0.15, -0.1) is 0 Å². The van der Waals surface area contributed by atoms with Crippen molar-refractivity contribution in [1.29, 1.82) is 0 Å². The maximum atomic E-state index is 14.6. The van der Waals surface area contributed by atoms with E-state index in [9.17, 15) is 18.0 Å². The van der Waals surface area contributed by atoms with Crippen molar-refractivity contribution in [2.45, 2.75) is 25.5 Å². The number of fused-ring (bicyclic) bond motifs is 3. The van der Waals surface area contributed by atoms with Crippen molar-refractivity contribution < 1.29 is 32.2 Å². The van der Waals surface area contributed by atoms with Gasteiger partial charge in [0.25, 0.3) is 0 Å².